The molecular weight excluding hydrogens is 412 g/mol. The summed E-state index contributed by atoms with van der Waals surface area (Å²) in [7, 11) is 0. The number of nitrogens with one attached hydrogen (secondary N) is 1. The number of ether oxygens (including phenoxy) is 2. The Balaban J connectivity index is 1.34. The molecule has 2 aromatic carbocycles. The Bertz CT molecular complexity index is 1020. The van der Waals surface area contributed by atoms with Gasteiger partial charge in [-0.1, -0.05) is 50.2 Å². The molecule has 3 saturated heterocycles. The molecule has 1 aliphatic carbocycles. The van der Waals surface area contributed by atoms with E-state index in [1.54, 1.807) is 0 Å². The predicted octanol–water partition coefficient (Wildman–Crippen LogP) is 5.58. The zero-order valence-electron chi connectivity index (χ0n) is 20.3. The van der Waals surface area contributed by atoms with Crippen LogP contribution in [-0.4, -0.2) is 42.8 Å². The van der Waals surface area contributed by atoms with E-state index in [9.17, 15) is 4.79 Å². The van der Waals surface area contributed by atoms with Gasteiger partial charge in [-0.05, 0) is 80.3 Å². The van der Waals surface area contributed by atoms with Gasteiger partial charge in [-0.15, -0.1) is 0 Å². The summed E-state index contributed by atoms with van der Waals surface area (Å²) in [6, 6.07) is 14.7. The number of hydrogen-bond donors (Lipinski definition) is 1. The van der Waals surface area contributed by atoms with Crippen molar-refractivity contribution in [3.05, 3.63) is 53.6 Å². The van der Waals surface area contributed by atoms with E-state index in [0.29, 0.717) is 5.92 Å². The Labute approximate surface area is 197 Å². The number of hydrogen-bond acceptors (Lipinski definition) is 4. The summed E-state index contributed by atoms with van der Waals surface area (Å²) in [6.07, 6.45) is 3.06. The highest BCUT2D eigenvalue weighted by atomic mass is 16.6. The van der Waals surface area contributed by atoms with E-state index in [1.165, 1.54) is 11.1 Å². The van der Waals surface area contributed by atoms with Gasteiger partial charge in [-0.25, -0.2) is 4.79 Å². The Hall–Kier alpha value is -2.53. The summed E-state index contributed by atoms with van der Waals surface area (Å²) in [5, 5.41) is 3.22. The molecule has 1 amide bonds. The molecule has 5 heteroatoms. The van der Waals surface area contributed by atoms with Crippen LogP contribution in [0.25, 0.3) is 11.1 Å². The lowest BCUT2D eigenvalue weighted by Crippen LogP contribution is -2.53. The molecule has 1 unspecified atom stereocenters. The minimum Gasteiger partial charge on any atom is -0.490 e. The van der Waals surface area contributed by atoms with Crippen LogP contribution in [0, 0.1) is 11.3 Å². The Morgan fingerprint density at radius 3 is 2.58 bits per heavy atom. The third-order valence-electron chi connectivity index (χ3n) is 7.56. The van der Waals surface area contributed by atoms with E-state index in [2.05, 4.69) is 54.4 Å². The van der Waals surface area contributed by atoms with Crippen LogP contribution >= 0.6 is 0 Å². The summed E-state index contributed by atoms with van der Waals surface area (Å²) in [4.78, 5) is 15.3. The van der Waals surface area contributed by atoms with Crippen molar-refractivity contribution in [1.29, 1.82) is 0 Å². The number of alkyl carbamates (subject to hydrolysis) is 1. The zero-order valence-corrected chi connectivity index (χ0v) is 20.3. The Kier molecular flexibility index (Phi) is 5.86. The fourth-order valence-electron chi connectivity index (χ4n) is 5.89. The van der Waals surface area contributed by atoms with Gasteiger partial charge in [0.1, 0.15) is 11.9 Å². The van der Waals surface area contributed by atoms with Crippen molar-refractivity contribution in [2.75, 3.05) is 19.6 Å². The van der Waals surface area contributed by atoms with Gasteiger partial charge in [0, 0.05) is 12.1 Å². The van der Waals surface area contributed by atoms with Crippen molar-refractivity contribution in [3.63, 3.8) is 0 Å². The zero-order chi connectivity index (χ0) is 23.2. The van der Waals surface area contributed by atoms with Gasteiger partial charge in [-0.2, -0.15) is 0 Å². The second kappa shape index (κ2) is 8.68. The summed E-state index contributed by atoms with van der Waals surface area (Å²) >= 11 is 0. The lowest BCUT2D eigenvalue weighted by molar-refractivity contribution is -0.0348. The number of benzene rings is 2. The second-order valence-corrected chi connectivity index (χ2v) is 10.9. The smallest absolute Gasteiger partial charge is 0.407 e. The lowest BCUT2D eigenvalue weighted by Gasteiger charge is -2.44. The molecule has 6 rings (SSSR count). The van der Waals surface area contributed by atoms with Crippen LogP contribution in [-0.2, 0) is 11.2 Å². The first kappa shape index (κ1) is 22.3. The molecule has 2 atom stereocenters. The van der Waals surface area contributed by atoms with Crippen LogP contribution in [0.2, 0.25) is 0 Å². The van der Waals surface area contributed by atoms with Crippen LogP contribution in [0.3, 0.4) is 0 Å². The van der Waals surface area contributed by atoms with Crippen molar-refractivity contribution < 1.29 is 14.3 Å². The number of para-hydroxylation sites is 1. The van der Waals surface area contributed by atoms with E-state index in [-0.39, 0.29) is 29.8 Å². The summed E-state index contributed by atoms with van der Waals surface area (Å²) < 4.78 is 12.0. The van der Waals surface area contributed by atoms with Gasteiger partial charge >= 0.3 is 6.09 Å². The molecular formula is C28H36N2O3. The Morgan fingerprint density at radius 2 is 1.88 bits per heavy atom. The molecule has 0 spiro atoms. The van der Waals surface area contributed by atoms with Gasteiger partial charge in [0.2, 0.25) is 0 Å². The van der Waals surface area contributed by atoms with Crippen LogP contribution < -0.4 is 10.1 Å². The monoisotopic (exact) mass is 448 g/mol. The largest absolute Gasteiger partial charge is 0.490 e. The van der Waals surface area contributed by atoms with Crippen molar-refractivity contribution in [2.45, 2.75) is 65.2 Å². The number of rotatable bonds is 5. The van der Waals surface area contributed by atoms with Crippen molar-refractivity contribution in [1.82, 2.24) is 10.2 Å². The number of nitrogens with zero attached hydrogens (tertiary/aromatic N) is 1. The molecule has 5 nitrogen and oxygen atoms in total. The standard InChI is InChI=1S/C28H36N2O3/c1-18(2)32-24-8-6-5-7-22(24)20-9-10-23-21(15-20)16-28(3,4)26(23)29-27(31)33-25-17-30-13-11-19(25)12-14-30/h5-10,15,18-19,25-26H,11-14,16-17H2,1-4H3,(H,29,31)/t25-,26?/m0/s1. The minimum absolute atomic E-state index is 0.0244. The van der Waals surface area contributed by atoms with Gasteiger partial charge < -0.3 is 14.8 Å². The van der Waals surface area contributed by atoms with E-state index in [0.717, 1.165) is 55.8 Å². The second-order valence-electron chi connectivity index (χ2n) is 10.9. The predicted molar refractivity (Wildman–Crippen MR) is 130 cm³/mol. The van der Waals surface area contributed by atoms with E-state index >= 15 is 0 Å². The maximum absolute atomic E-state index is 12.9. The molecule has 3 heterocycles. The first-order valence-corrected chi connectivity index (χ1v) is 12.4. The molecule has 0 saturated carbocycles. The van der Waals surface area contributed by atoms with Crippen LogP contribution in [0.1, 0.15) is 57.7 Å². The fourth-order valence-corrected chi connectivity index (χ4v) is 5.89. The van der Waals surface area contributed by atoms with Crippen LogP contribution in [0.5, 0.6) is 5.75 Å². The normalized spacial score (nSPS) is 27.3. The molecule has 0 aromatic heterocycles. The van der Waals surface area contributed by atoms with Crippen LogP contribution in [0.4, 0.5) is 4.79 Å². The van der Waals surface area contributed by atoms with Crippen molar-refractivity contribution >= 4 is 6.09 Å². The van der Waals surface area contributed by atoms with Gasteiger partial charge in [0.25, 0.3) is 0 Å². The van der Waals surface area contributed by atoms with Crippen molar-refractivity contribution in [2.24, 2.45) is 11.3 Å². The first-order chi connectivity index (χ1) is 15.8. The minimum atomic E-state index is -0.278. The lowest BCUT2D eigenvalue weighted by atomic mass is 9.85. The fraction of sp³-hybridized carbons (Fsp3) is 0.536. The molecule has 2 aromatic rings. The summed E-state index contributed by atoms with van der Waals surface area (Å²) in [6.45, 7) is 11.7. The molecule has 1 N–H and O–H groups in total. The van der Waals surface area contributed by atoms with E-state index in [1.807, 2.05) is 26.0 Å². The van der Waals surface area contributed by atoms with E-state index in [4.69, 9.17) is 9.47 Å². The van der Waals surface area contributed by atoms with Crippen LogP contribution in [0.15, 0.2) is 42.5 Å². The topological polar surface area (TPSA) is 50.8 Å². The third-order valence-corrected chi connectivity index (χ3v) is 7.56. The average Bonchev–Trinajstić information content (AvgIpc) is 3.03. The molecule has 4 aliphatic rings. The summed E-state index contributed by atoms with van der Waals surface area (Å²) in [5.74, 6) is 1.42. The molecule has 3 fully saturated rings. The number of piperidine rings is 3. The number of carbonyl (C=O) groups is 1. The number of fused-ring (bicyclic) bond motifs is 4. The highest BCUT2D eigenvalue weighted by Gasteiger charge is 2.42. The molecule has 176 valence electrons. The molecule has 2 bridgehead atoms. The third kappa shape index (κ3) is 4.48. The maximum atomic E-state index is 12.9. The van der Waals surface area contributed by atoms with Gasteiger partial charge in [-0.3, -0.25) is 4.90 Å². The Morgan fingerprint density at radius 1 is 1.12 bits per heavy atom. The first-order valence-electron chi connectivity index (χ1n) is 12.4. The highest BCUT2D eigenvalue weighted by molar-refractivity contribution is 5.73. The van der Waals surface area contributed by atoms with Gasteiger partial charge in [0.15, 0.2) is 0 Å². The van der Waals surface area contributed by atoms with Crippen molar-refractivity contribution in [3.8, 4) is 16.9 Å². The number of carbonyl (C=O) groups excluding carboxylic acids is 1. The molecule has 0 radical (unpaired) electrons. The SMILES string of the molecule is CC(C)Oc1ccccc1-c1ccc2c(c1)CC(C)(C)C2NC(=O)O[C@H]1CN2CCC1CC2. The summed E-state index contributed by atoms with van der Waals surface area (Å²) in [5.41, 5.74) is 4.64. The quantitative estimate of drug-likeness (QED) is 0.648. The number of amides is 1. The van der Waals surface area contributed by atoms with E-state index < -0.39 is 0 Å². The molecule has 3 aliphatic heterocycles. The maximum Gasteiger partial charge on any atom is 0.407 e. The average molecular weight is 449 g/mol. The molecule has 33 heavy (non-hydrogen) atoms. The van der Waals surface area contributed by atoms with Gasteiger partial charge in [0.05, 0.1) is 12.1 Å². The highest BCUT2D eigenvalue weighted by Crippen LogP contribution is 2.47.